The second-order valence-corrected chi connectivity index (χ2v) is 6.08. The topological polar surface area (TPSA) is 66.7 Å². The van der Waals surface area contributed by atoms with Crippen molar-refractivity contribution in [3.63, 3.8) is 0 Å². The number of carbonyl (C=O) groups is 1. The molecule has 2 aromatic carbocycles. The number of hydrogen-bond donors (Lipinski definition) is 0. The number of para-hydroxylation sites is 1. The molecule has 0 saturated carbocycles. The van der Waals surface area contributed by atoms with Gasteiger partial charge in [-0.15, -0.1) is 0 Å². The highest BCUT2D eigenvalue weighted by Crippen LogP contribution is 2.21. The molecule has 1 heterocycles. The fraction of sp³-hybridized carbons (Fsp3) is 0.278. The number of carbonyl (C=O) groups excluding carboxylic acids is 1. The zero-order valence-electron chi connectivity index (χ0n) is 13.9. The Labute approximate surface area is 148 Å². The molecule has 0 spiro atoms. The van der Waals surface area contributed by atoms with Crippen molar-refractivity contribution in [2.75, 3.05) is 26.2 Å². The summed E-state index contributed by atoms with van der Waals surface area (Å²) in [5.41, 5.74) is 0.387. The van der Waals surface area contributed by atoms with E-state index in [2.05, 4.69) is 0 Å². The molecule has 26 heavy (non-hydrogen) atoms. The van der Waals surface area contributed by atoms with Crippen molar-refractivity contribution in [2.45, 2.75) is 6.54 Å². The van der Waals surface area contributed by atoms with E-state index in [0.717, 1.165) is 18.2 Å². The van der Waals surface area contributed by atoms with Crippen LogP contribution in [0.25, 0.3) is 0 Å². The van der Waals surface area contributed by atoms with E-state index in [1.165, 1.54) is 11.0 Å². The van der Waals surface area contributed by atoms with Crippen LogP contribution in [0.3, 0.4) is 0 Å². The Morgan fingerprint density at radius 3 is 2.46 bits per heavy atom. The molecule has 0 unspecified atom stereocenters. The number of hydrogen-bond acceptors (Lipinski definition) is 4. The molecule has 1 aliphatic rings. The smallest absolute Gasteiger partial charge is 0.273 e. The Morgan fingerprint density at radius 2 is 1.77 bits per heavy atom. The lowest BCUT2D eigenvalue weighted by atomic mass is 10.1. The third-order valence-electron chi connectivity index (χ3n) is 4.40. The molecular formula is C18H17F2N3O3. The van der Waals surface area contributed by atoms with Gasteiger partial charge in [-0.3, -0.25) is 19.8 Å². The van der Waals surface area contributed by atoms with Gasteiger partial charge in [-0.1, -0.05) is 18.2 Å². The van der Waals surface area contributed by atoms with Crippen LogP contribution in [0.5, 0.6) is 0 Å². The highest BCUT2D eigenvalue weighted by atomic mass is 19.1. The monoisotopic (exact) mass is 361 g/mol. The third kappa shape index (κ3) is 3.85. The van der Waals surface area contributed by atoms with Crippen LogP contribution < -0.4 is 0 Å². The van der Waals surface area contributed by atoms with Gasteiger partial charge >= 0.3 is 0 Å². The Bertz CT molecular complexity index is 836. The highest BCUT2D eigenvalue weighted by molar-refractivity contribution is 5.94. The molecule has 3 rings (SSSR count). The number of rotatable bonds is 4. The number of nitro groups is 1. The number of benzene rings is 2. The highest BCUT2D eigenvalue weighted by Gasteiger charge is 2.25. The van der Waals surface area contributed by atoms with E-state index in [-0.39, 0.29) is 11.3 Å². The summed E-state index contributed by atoms with van der Waals surface area (Å²) < 4.78 is 27.1. The molecule has 0 aliphatic carbocycles. The predicted octanol–water partition coefficient (Wildman–Crippen LogP) is 2.83. The average Bonchev–Trinajstić information content (AvgIpc) is 2.64. The van der Waals surface area contributed by atoms with Crippen LogP contribution >= 0.6 is 0 Å². The van der Waals surface area contributed by atoms with Crippen molar-refractivity contribution < 1.29 is 18.5 Å². The molecule has 6 nitrogen and oxygen atoms in total. The quantitative estimate of drug-likeness (QED) is 0.620. The summed E-state index contributed by atoms with van der Waals surface area (Å²) in [6, 6.07) is 9.34. The van der Waals surface area contributed by atoms with Crippen molar-refractivity contribution in [3.8, 4) is 0 Å². The summed E-state index contributed by atoms with van der Waals surface area (Å²) in [6.07, 6.45) is 0. The number of nitro benzene ring substituents is 1. The molecular weight excluding hydrogens is 344 g/mol. The zero-order valence-corrected chi connectivity index (χ0v) is 13.9. The van der Waals surface area contributed by atoms with Gasteiger partial charge in [0.25, 0.3) is 11.6 Å². The van der Waals surface area contributed by atoms with E-state index in [0.29, 0.717) is 38.3 Å². The summed E-state index contributed by atoms with van der Waals surface area (Å²) in [7, 11) is 0. The van der Waals surface area contributed by atoms with Crippen molar-refractivity contribution >= 4 is 11.6 Å². The SMILES string of the molecule is O=C(c1cc(F)ccc1F)N1CCN(Cc2ccccc2[N+](=O)[O-])CC1. The summed E-state index contributed by atoms with van der Waals surface area (Å²) in [5.74, 6) is -1.96. The van der Waals surface area contributed by atoms with Gasteiger partial charge < -0.3 is 4.90 Å². The van der Waals surface area contributed by atoms with Crippen LogP contribution in [-0.4, -0.2) is 46.8 Å². The van der Waals surface area contributed by atoms with Crippen molar-refractivity contribution in [2.24, 2.45) is 0 Å². The largest absolute Gasteiger partial charge is 0.336 e. The van der Waals surface area contributed by atoms with E-state index in [9.17, 15) is 23.7 Å². The molecule has 0 N–H and O–H groups in total. The fourth-order valence-electron chi connectivity index (χ4n) is 3.00. The third-order valence-corrected chi connectivity index (χ3v) is 4.40. The fourth-order valence-corrected chi connectivity index (χ4v) is 3.00. The van der Waals surface area contributed by atoms with Crippen LogP contribution in [0.1, 0.15) is 15.9 Å². The van der Waals surface area contributed by atoms with Crippen LogP contribution in [-0.2, 0) is 6.54 Å². The molecule has 136 valence electrons. The standard InChI is InChI=1S/C18H17F2N3O3/c19-14-5-6-16(20)15(11-14)18(24)22-9-7-21(8-10-22)12-13-3-1-2-4-17(13)23(25)26/h1-6,11H,7-10,12H2. The number of amides is 1. The average molecular weight is 361 g/mol. The predicted molar refractivity (Wildman–Crippen MR) is 90.6 cm³/mol. The van der Waals surface area contributed by atoms with Gasteiger partial charge in [0.05, 0.1) is 10.5 Å². The lowest BCUT2D eigenvalue weighted by molar-refractivity contribution is -0.385. The van der Waals surface area contributed by atoms with E-state index >= 15 is 0 Å². The van der Waals surface area contributed by atoms with E-state index in [4.69, 9.17) is 0 Å². The van der Waals surface area contributed by atoms with Crippen molar-refractivity contribution in [1.82, 2.24) is 9.80 Å². The first-order chi connectivity index (χ1) is 12.5. The minimum Gasteiger partial charge on any atom is -0.336 e. The Morgan fingerprint density at radius 1 is 1.08 bits per heavy atom. The minimum absolute atomic E-state index is 0.0628. The van der Waals surface area contributed by atoms with Gasteiger partial charge in [0.15, 0.2) is 0 Å². The van der Waals surface area contributed by atoms with Gasteiger partial charge in [0.2, 0.25) is 0 Å². The van der Waals surface area contributed by atoms with Gasteiger partial charge in [0.1, 0.15) is 11.6 Å². The van der Waals surface area contributed by atoms with Crippen LogP contribution in [0, 0.1) is 21.7 Å². The number of piperazine rings is 1. The number of halogens is 2. The molecule has 0 aromatic heterocycles. The summed E-state index contributed by atoms with van der Waals surface area (Å²) >= 11 is 0. The molecule has 8 heteroatoms. The van der Waals surface area contributed by atoms with Gasteiger partial charge in [-0.2, -0.15) is 0 Å². The summed E-state index contributed by atoms with van der Waals surface area (Å²) in [6.45, 7) is 2.07. The second kappa shape index (κ2) is 7.57. The lowest BCUT2D eigenvalue weighted by Gasteiger charge is -2.34. The Hall–Kier alpha value is -2.87. The van der Waals surface area contributed by atoms with E-state index in [1.54, 1.807) is 18.2 Å². The van der Waals surface area contributed by atoms with Gasteiger partial charge in [-0.25, -0.2) is 8.78 Å². The van der Waals surface area contributed by atoms with E-state index < -0.39 is 22.5 Å². The van der Waals surface area contributed by atoms with Crippen molar-refractivity contribution in [3.05, 3.63) is 75.3 Å². The van der Waals surface area contributed by atoms with Crippen molar-refractivity contribution in [1.29, 1.82) is 0 Å². The molecule has 0 radical (unpaired) electrons. The van der Waals surface area contributed by atoms with Gasteiger partial charge in [-0.05, 0) is 18.2 Å². The van der Waals surface area contributed by atoms with E-state index in [1.807, 2.05) is 4.90 Å². The number of nitrogens with zero attached hydrogens (tertiary/aromatic N) is 3. The lowest BCUT2D eigenvalue weighted by Crippen LogP contribution is -2.48. The normalized spacial score (nSPS) is 15.1. The van der Waals surface area contributed by atoms with Gasteiger partial charge in [0, 0.05) is 44.4 Å². The Kier molecular flexibility index (Phi) is 5.22. The van der Waals surface area contributed by atoms with Crippen LogP contribution in [0.4, 0.5) is 14.5 Å². The summed E-state index contributed by atoms with van der Waals surface area (Å²) in [5, 5.41) is 11.1. The first-order valence-corrected chi connectivity index (χ1v) is 8.14. The molecule has 1 fully saturated rings. The molecule has 2 aromatic rings. The Balaban J connectivity index is 1.64. The molecule has 1 saturated heterocycles. The minimum atomic E-state index is -0.751. The molecule has 0 atom stereocenters. The van der Waals surface area contributed by atoms with Crippen LogP contribution in [0.15, 0.2) is 42.5 Å². The first-order valence-electron chi connectivity index (χ1n) is 8.14. The zero-order chi connectivity index (χ0) is 18.7. The molecule has 1 amide bonds. The molecule has 1 aliphatic heterocycles. The molecule has 0 bridgehead atoms. The first kappa shape index (κ1) is 17.9. The maximum Gasteiger partial charge on any atom is 0.273 e. The van der Waals surface area contributed by atoms with Crippen LogP contribution in [0.2, 0.25) is 0 Å². The summed E-state index contributed by atoms with van der Waals surface area (Å²) in [4.78, 5) is 26.5. The second-order valence-electron chi connectivity index (χ2n) is 6.08. The maximum absolute atomic E-state index is 13.8. The maximum atomic E-state index is 13.8.